The molecule has 0 aliphatic carbocycles. The normalized spacial score (nSPS) is 10.3. The van der Waals surface area contributed by atoms with Gasteiger partial charge in [-0.1, -0.05) is 21.1 Å². The molecule has 1 heterocycles. The van der Waals surface area contributed by atoms with Gasteiger partial charge in [-0.05, 0) is 40.8 Å². The number of anilines is 1. The zero-order valence-corrected chi connectivity index (χ0v) is 13.1. The minimum Gasteiger partial charge on any atom is -0.325 e. The van der Waals surface area contributed by atoms with Gasteiger partial charge >= 0.3 is 0 Å². The third kappa shape index (κ3) is 3.77. The molecule has 0 unspecified atom stereocenters. The van der Waals surface area contributed by atoms with Gasteiger partial charge < -0.3 is 5.32 Å². The summed E-state index contributed by atoms with van der Waals surface area (Å²) in [6.45, 7) is 0.524. The number of nitrogens with one attached hydrogen (secondary N) is 1. The van der Waals surface area contributed by atoms with E-state index in [1.165, 1.54) is 0 Å². The number of amides is 1. The van der Waals surface area contributed by atoms with Crippen LogP contribution in [0.4, 0.5) is 5.69 Å². The fourth-order valence-corrected chi connectivity index (χ4v) is 2.21. The Bertz CT molecular complexity index is 544. The third-order valence-electron chi connectivity index (χ3n) is 2.24. The van der Waals surface area contributed by atoms with Crippen molar-refractivity contribution in [2.24, 2.45) is 0 Å². The fraction of sp³-hybridized carbons (Fsp3) is 0.182. The summed E-state index contributed by atoms with van der Waals surface area (Å²) in [4.78, 5) is 11.8. The summed E-state index contributed by atoms with van der Waals surface area (Å²) in [5.74, 6) is -0.0403. The number of carbonyl (C=O) groups is 1. The second-order valence-electron chi connectivity index (χ2n) is 3.59. The highest BCUT2D eigenvalue weighted by Gasteiger charge is 2.06. The molecule has 1 aromatic carbocycles. The zero-order chi connectivity index (χ0) is 13.0. The molecule has 0 aliphatic heterocycles. The topological polar surface area (TPSA) is 59.8 Å². The predicted octanol–water partition coefficient (Wildman–Crippen LogP) is 2.67. The number of hydrogen-bond donors (Lipinski definition) is 1. The van der Waals surface area contributed by atoms with Crippen molar-refractivity contribution in [3.63, 3.8) is 0 Å². The standard InChI is InChI=1S/C11H10BrIN4O/c12-8-1-2-9(13)10(7-8)15-11(18)3-5-17-6-4-14-16-17/h1-2,4,6-7H,3,5H2,(H,15,18). The third-order valence-corrected chi connectivity index (χ3v) is 3.68. The molecule has 2 aromatic rings. The van der Waals surface area contributed by atoms with E-state index in [9.17, 15) is 4.79 Å². The molecule has 2 rings (SSSR count). The Morgan fingerprint density at radius 1 is 1.50 bits per heavy atom. The maximum atomic E-state index is 11.8. The second-order valence-corrected chi connectivity index (χ2v) is 5.67. The van der Waals surface area contributed by atoms with Crippen LogP contribution in [0.1, 0.15) is 6.42 Å². The van der Waals surface area contributed by atoms with E-state index in [1.807, 2.05) is 18.2 Å². The molecule has 0 fully saturated rings. The number of nitrogens with zero attached hydrogens (tertiary/aromatic N) is 3. The first kappa shape index (κ1) is 13.5. The summed E-state index contributed by atoms with van der Waals surface area (Å²) in [5.41, 5.74) is 0.813. The monoisotopic (exact) mass is 420 g/mol. The van der Waals surface area contributed by atoms with Crippen LogP contribution in [0.3, 0.4) is 0 Å². The summed E-state index contributed by atoms with van der Waals surface area (Å²) in [6, 6.07) is 5.76. The highest BCUT2D eigenvalue weighted by molar-refractivity contribution is 14.1. The fourth-order valence-electron chi connectivity index (χ4n) is 1.37. The molecule has 1 N–H and O–H groups in total. The molecule has 94 valence electrons. The summed E-state index contributed by atoms with van der Waals surface area (Å²) in [6.07, 6.45) is 3.69. The lowest BCUT2D eigenvalue weighted by molar-refractivity contribution is -0.116. The van der Waals surface area contributed by atoms with Crippen molar-refractivity contribution in [1.29, 1.82) is 0 Å². The lowest BCUT2D eigenvalue weighted by Gasteiger charge is -2.07. The van der Waals surface area contributed by atoms with Crippen LogP contribution in [0.15, 0.2) is 35.1 Å². The van der Waals surface area contributed by atoms with Crippen LogP contribution in [0.5, 0.6) is 0 Å². The van der Waals surface area contributed by atoms with Crippen molar-refractivity contribution >= 4 is 50.1 Å². The number of halogens is 2. The van der Waals surface area contributed by atoms with E-state index >= 15 is 0 Å². The van der Waals surface area contributed by atoms with Crippen LogP contribution in [0.2, 0.25) is 0 Å². The van der Waals surface area contributed by atoms with Crippen molar-refractivity contribution in [2.45, 2.75) is 13.0 Å². The van der Waals surface area contributed by atoms with Crippen molar-refractivity contribution < 1.29 is 4.79 Å². The van der Waals surface area contributed by atoms with Gasteiger partial charge in [0.05, 0.1) is 18.4 Å². The van der Waals surface area contributed by atoms with Crippen molar-refractivity contribution in [2.75, 3.05) is 5.32 Å². The summed E-state index contributed by atoms with van der Waals surface area (Å²) < 4.78 is 3.57. The van der Waals surface area contributed by atoms with E-state index in [0.29, 0.717) is 13.0 Å². The average Bonchev–Trinajstić information content (AvgIpc) is 2.84. The second kappa shape index (κ2) is 6.28. The van der Waals surface area contributed by atoms with E-state index in [1.54, 1.807) is 17.1 Å². The van der Waals surface area contributed by atoms with E-state index in [2.05, 4.69) is 54.1 Å². The molecule has 0 aliphatic rings. The summed E-state index contributed by atoms with van der Waals surface area (Å²) in [7, 11) is 0. The van der Waals surface area contributed by atoms with Crippen molar-refractivity contribution in [1.82, 2.24) is 15.0 Å². The van der Waals surface area contributed by atoms with Crippen LogP contribution in [0, 0.1) is 3.57 Å². The molecule has 1 amide bonds. The van der Waals surface area contributed by atoms with Gasteiger partial charge in [-0.25, -0.2) is 0 Å². The Hall–Kier alpha value is -0.960. The molecular formula is C11H10BrIN4O. The van der Waals surface area contributed by atoms with Crippen molar-refractivity contribution in [3.05, 3.63) is 38.6 Å². The van der Waals surface area contributed by atoms with Gasteiger partial charge in [0.1, 0.15) is 0 Å². The quantitative estimate of drug-likeness (QED) is 0.773. The first-order chi connectivity index (χ1) is 8.65. The molecular weight excluding hydrogens is 411 g/mol. The average molecular weight is 421 g/mol. The number of rotatable bonds is 4. The summed E-state index contributed by atoms with van der Waals surface area (Å²) in [5, 5.41) is 10.4. The molecule has 0 atom stereocenters. The SMILES string of the molecule is O=C(CCn1ccnn1)Nc1cc(Br)ccc1I. The zero-order valence-electron chi connectivity index (χ0n) is 9.31. The van der Waals surface area contributed by atoms with Gasteiger partial charge in [0.15, 0.2) is 0 Å². The maximum absolute atomic E-state index is 11.8. The van der Waals surface area contributed by atoms with E-state index in [-0.39, 0.29) is 5.91 Å². The van der Waals surface area contributed by atoms with Gasteiger partial charge in [-0.3, -0.25) is 9.48 Å². The molecule has 5 nitrogen and oxygen atoms in total. The molecule has 0 radical (unpaired) electrons. The summed E-state index contributed by atoms with van der Waals surface area (Å²) >= 11 is 5.57. The van der Waals surface area contributed by atoms with Gasteiger partial charge in [0.25, 0.3) is 0 Å². The predicted molar refractivity (Wildman–Crippen MR) is 80.1 cm³/mol. The van der Waals surface area contributed by atoms with Gasteiger partial charge in [-0.2, -0.15) is 0 Å². The number of hydrogen-bond acceptors (Lipinski definition) is 3. The Balaban J connectivity index is 1.92. The Morgan fingerprint density at radius 3 is 3.06 bits per heavy atom. The number of benzene rings is 1. The Kier molecular flexibility index (Phi) is 4.70. The van der Waals surface area contributed by atoms with E-state index in [4.69, 9.17) is 0 Å². The molecule has 0 saturated heterocycles. The molecule has 0 bridgehead atoms. The maximum Gasteiger partial charge on any atom is 0.226 e. The number of carbonyl (C=O) groups excluding carboxylic acids is 1. The number of aromatic nitrogens is 3. The van der Waals surface area contributed by atoms with Crippen LogP contribution in [-0.2, 0) is 11.3 Å². The largest absolute Gasteiger partial charge is 0.325 e. The molecule has 1 aromatic heterocycles. The van der Waals surface area contributed by atoms with Crippen LogP contribution >= 0.6 is 38.5 Å². The van der Waals surface area contributed by atoms with Crippen LogP contribution in [-0.4, -0.2) is 20.9 Å². The van der Waals surface area contributed by atoms with Crippen LogP contribution in [0.25, 0.3) is 0 Å². The minimum absolute atomic E-state index is 0.0403. The van der Waals surface area contributed by atoms with E-state index in [0.717, 1.165) is 13.7 Å². The Labute approximate surface area is 126 Å². The highest BCUT2D eigenvalue weighted by atomic mass is 127. The lowest BCUT2D eigenvalue weighted by Crippen LogP contribution is -2.15. The van der Waals surface area contributed by atoms with Gasteiger partial charge in [-0.15, -0.1) is 5.10 Å². The molecule has 7 heteroatoms. The Morgan fingerprint density at radius 2 is 2.33 bits per heavy atom. The first-order valence-corrected chi connectivity index (χ1v) is 7.11. The molecule has 18 heavy (non-hydrogen) atoms. The molecule has 0 spiro atoms. The smallest absolute Gasteiger partial charge is 0.226 e. The first-order valence-electron chi connectivity index (χ1n) is 5.24. The lowest BCUT2D eigenvalue weighted by atomic mass is 10.3. The van der Waals surface area contributed by atoms with Gasteiger partial charge in [0, 0.05) is 20.7 Å². The minimum atomic E-state index is -0.0403. The van der Waals surface area contributed by atoms with Gasteiger partial charge in [0.2, 0.25) is 5.91 Å². The highest BCUT2D eigenvalue weighted by Crippen LogP contribution is 2.22. The molecule has 0 saturated carbocycles. The van der Waals surface area contributed by atoms with E-state index < -0.39 is 0 Å². The van der Waals surface area contributed by atoms with Crippen LogP contribution < -0.4 is 5.32 Å². The number of aryl methyl sites for hydroxylation is 1. The van der Waals surface area contributed by atoms with Crippen molar-refractivity contribution in [3.8, 4) is 0 Å².